The van der Waals surface area contributed by atoms with Crippen LogP contribution in [0.5, 0.6) is 0 Å². The molecule has 130 valence electrons. The fourth-order valence-electron chi connectivity index (χ4n) is 3.80. The molecule has 1 aromatic rings. The van der Waals surface area contributed by atoms with E-state index < -0.39 is 0 Å². The maximum atomic E-state index is 12.5. The Hall–Kier alpha value is -1.84. The summed E-state index contributed by atoms with van der Waals surface area (Å²) in [4.78, 5) is 28.3. The molecule has 0 atom stereocenters. The van der Waals surface area contributed by atoms with Gasteiger partial charge in [-0.1, -0.05) is 36.8 Å². The highest BCUT2D eigenvalue weighted by Gasteiger charge is 2.26. The Morgan fingerprint density at radius 1 is 1.00 bits per heavy atom. The molecule has 2 aliphatic rings. The zero-order valence-corrected chi connectivity index (χ0v) is 14.5. The van der Waals surface area contributed by atoms with Gasteiger partial charge >= 0.3 is 0 Å². The van der Waals surface area contributed by atoms with Crippen LogP contribution in [0.15, 0.2) is 30.3 Å². The number of piperidine rings is 1. The fourth-order valence-corrected chi connectivity index (χ4v) is 3.80. The average molecular weight is 328 g/mol. The molecule has 2 saturated heterocycles. The molecule has 0 bridgehead atoms. The van der Waals surface area contributed by atoms with Crippen LogP contribution in [0.25, 0.3) is 0 Å². The molecule has 0 unspecified atom stereocenters. The lowest BCUT2D eigenvalue weighted by Gasteiger charge is -2.33. The Labute approximate surface area is 144 Å². The van der Waals surface area contributed by atoms with Gasteiger partial charge in [-0.15, -0.1) is 0 Å². The molecule has 0 saturated carbocycles. The molecule has 24 heavy (non-hydrogen) atoms. The molecule has 4 heteroatoms. The summed E-state index contributed by atoms with van der Waals surface area (Å²) in [6, 6.07) is 10.6. The molecule has 2 amide bonds. The van der Waals surface area contributed by atoms with Crippen LogP contribution in [0, 0.1) is 5.92 Å². The number of hydrogen-bond acceptors (Lipinski definition) is 2. The van der Waals surface area contributed by atoms with Crippen molar-refractivity contribution in [2.75, 3.05) is 26.2 Å². The molecular formula is C20H28N2O2. The van der Waals surface area contributed by atoms with Crippen LogP contribution in [0.3, 0.4) is 0 Å². The predicted molar refractivity (Wildman–Crippen MR) is 94.5 cm³/mol. The van der Waals surface area contributed by atoms with Gasteiger partial charge in [0.15, 0.2) is 0 Å². The number of carbonyl (C=O) groups excluding carboxylic acids is 2. The zero-order valence-electron chi connectivity index (χ0n) is 14.5. The third-order valence-electron chi connectivity index (χ3n) is 5.33. The lowest BCUT2D eigenvalue weighted by atomic mass is 9.90. The maximum Gasteiger partial charge on any atom is 0.242 e. The van der Waals surface area contributed by atoms with Gasteiger partial charge in [-0.2, -0.15) is 0 Å². The molecule has 0 N–H and O–H groups in total. The van der Waals surface area contributed by atoms with E-state index in [1.807, 2.05) is 4.90 Å². The quantitative estimate of drug-likeness (QED) is 0.853. The van der Waals surface area contributed by atoms with Crippen molar-refractivity contribution in [3.63, 3.8) is 0 Å². The van der Waals surface area contributed by atoms with Gasteiger partial charge in [-0.05, 0) is 43.6 Å². The summed E-state index contributed by atoms with van der Waals surface area (Å²) >= 11 is 0. The molecule has 0 aliphatic carbocycles. The van der Waals surface area contributed by atoms with E-state index >= 15 is 0 Å². The summed E-state index contributed by atoms with van der Waals surface area (Å²) in [6.45, 7) is 2.69. The van der Waals surface area contributed by atoms with Crippen LogP contribution < -0.4 is 0 Å². The van der Waals surface area contributed by atoms with Crippen LogP contribution in [-0.4, -0.2) is 47.8 Å². The number of nitrogens with zero attached hydrogens (tertiary/aromatic N) is 2. The average Bonchev–Trinajstić information content (AvgIpc) is 2.81. The molecule has 2 heterocycles. The first-order chi connectivity index (χ1) is 11.7. The second kappa shape index (κ2) is 8.32. The number of benzene rings is 1. The first-order valence-electron chi connectivity index (χ1n) is 9.32. The van der Waals surface area contributed by atoms with Crippen molar-refractivity contribution in [2.24, 2.45) is 5.92 Å². The van der Waals surface area contributed by atoms with E-state index in [1.165, 1.54) is 5.56 Å². The van der Waals surface area contributed by atoms with Gasteiger partial charge in [0, 0.05) is 26.1 Å². The molecule has 4 nitrogen and oxygen atoms in total. The van der Waals surface area contributed by atoms with Gasteiger partial charge in [0.2, 0.25) is 11.8 Å². The van der Waals surface area contributed by atoms with E-state index in [9.17, 15) is 9.59 Å². The first-order valence-corrected chi connectivity index (χ1v) is 9.32. The summed E-state index contributed by atoms with van der Waals surface area (Å²) in [5.74, 6) is 0.944. The Morgan fingerprint density at radius 3 is 2.50 bits per heavy atom. The molecule has 2 aliphatic heterocycles. The number of hydrogen-bond donors (Lipinski definition) is 0. The molecule has 3 rings (SSSR count). The van der Waals surface area contributed by atoms with Crippen LogP contribution in [0.1, 0.15) is 44.1 Å². The van der Waals surface area contributed by atoms with E-state index in [0.29, 0.717) is 12.3 Å². The van der Waals surface area contributed by atoms with Crippen molar-refractivity contribution in [1.29, 1.82) is 0 Å². The van der Waals surface area contributed by atoms with Gasteiger partial charge in [-0.25, -0.2) is 0 Å². The van der Waals surface area contributed by atoms with Crippen LogP contribution in [-0.2, 0) is 16.0 Å². The Balaban J connectivity index is 1.45. The van der Waals surface area contributed by atoms with Gasteiger partial charge < -0.3 is 9.80 Å². The van der Waals surface area contributed by atoms with Crippen molar-refractivity contribution in [1.82, 2.24) is 9.80 Å². The lowest BCUT2D eigenvalue weighted by molar-refractivity contribution is -0.141. The lowest BCUT2D eigenvalue weighted by Crippen LogP contribution is -2.45. The van der Waals surface area contributed by atoms with E-state index in [1.54, 1.807) is 4.90 Å². The van der Waals surface area contributed by atoms with E-state index in [2.05, 4.69) is 30.3 Å². The first kappa shape index (κ1) is 17.0. The molecular weight excluding hydrogens is 300 g/mol. The fraction of sp³-hybridized carbons (Fsp3) is 0.600. The van der Waals surface area contributed by atoms with Crippen molar-refractivity contribution >= 4 is 11.8 Å². The highest BCUT2D eigenvalue weighted by molar-refractivity contribution is 5.85. The second-order valence-electron chi connectivity index (χ2n) is 7.14. The highest BCUT2D eigenvalue weighted by atomic mass is 16.2. The summed E-state index contributed by atoms with van der Waals surface area (Å²) < 4.78 is 0. The zero-order chi connectivity index (χ0) is 16.8. The molecule has 0 aromatic heterocycles. The van der Waals surface area contributed by atoms with Crippen LogP contribution >= 0.6 is 0 Å². The summed E-state index contributed by atoms with van der Waals surface area (Å²) in [6.07, 6.45) is 6.93. The molecule has 0 radical (unpaired) electrons. The van der Waals surface area contributed by atoms with Gasteiger partial charge in [0.05, 0.1) is 6.54 Å². The Kier molecular flexibility index (Phi) is 5.89. The van der Waals surface area contributed by atoms with Crippen molar-refractivity contribution < 1.29 is 9.59 Å². The van der Waals surface area contributed by atoms with Gasteiger partial charge in [0.25, 0.3) is 0 Å². The minimum absolute atomic E-state index is 0.128. The van der Waals surface area contributed by atoms with Crippen LogP contribution in [0.4, 0.5) is 0 Å². The van der Waals surface area contributed by atoms with Crippen molar-refractivity contribution in [3.05, 3.63) is 35.9 Å². The standard InChI is InChI=1S/C20H28N2O2/c23-19-9-5-2-6-12-22(19)16-20(24)21-13-10-18(11-14-21)15-17-7-3-1-4-8-17/h1,3-4,7-8,18H,2,5-6,9-16H2. The molecule has 1 aromatic carbocycles. The largest absolute Gasteiger partial charge is 0.341 e. The monoisotopic (exact) mass is 328 g/mol. The highest BCUT2D eigenvalue weighted by Crippen LogP contribution is 2.22. The maximum absolute atomic E-state index is 12.5. The van der Waals surface area contributed by atoms with E-state index in [0.717, 1.165) is 58.2 Å². The number of likely N-dealkylation sites (tertiary alicyclic amines) is 2. The minimum atomic E-state index is 0.128. The topological polar surface area (TPSA) is 40.6 Å². The van der Waals surface area contributed by atoms with E-state index in [4.69, 9.17) is 0 Å². The number of carbonyl (C=O) groups is 2. The Morgan fingerprint density at radius 2 is 1.75 bits per heavy atom. The van der Waals surface area contributed by atoms with Crippen molar-refractivity contribution in [3.8, 4) is 0 Å². The smallest absolute Gasteiger partial charge is 0.242 e. The second-order valence-corrected chi connectivity index (χ2v) is 7.14. The third-order valence-corrected chi connectivity index (χ3v) is 5.33. The van der Waals surface area contributed by atoms with Crippen LogP contribution in [0.2, 0.25) is 0 Å². The normalized spacial score (nSPS) is 20.1. The summed E-state index contributed by atoms with van der Waals surface area (Å²) in [7, 11) is 0. The van der Waals surface area contributed by atoms with Crippen molar-refractivity contribution in [2.45, 2.75) is 44.9 Å². The Bertz CT molecular complexity index is 550. The SMILES string of the molecule is O=C(CN1CCCCCC1=O)N1CCC(Cc2ccccc2)CC1. The van der Waals surface area contributed by atoms with Gasteiger partial charge in [-0.3, -0.25) is 9.59 Å². The molecule has 0 spiro atoms. The molecule has 2 fully saturated rings. The third kappa shape index (κ3) is 4.59. The summed E-state index contributed by atoms with van der Waals surface area (Å²) in [5, 5.41) is 0. The van der Waals surface area contributed by atoms with Gasteiger partial charge in [0.1, 0.15) is 0 Å². The number of rotatable bonds is 4. The number of amides is 2. The minimum Gasteiger partial charge on any atom is -0.341 e. The predicted octanol–water partition coefficient (Wildman–Crippen LogP) is 2.87. The summed E-state index contributed by atoms with van der Waals surface area (Å²) in [5.41, 5.74) is 1.39. The van der Waals surface area contributed by atoms with E-state index in [-0.39, 0.29) is 18.4 Å².